The van der Waals surface area contributed by atoms with Crippen LogP contribution in [-0.4, -0.2) is 11.2 Å². The lowest BCUT2D eigenvalue weighted by atomic mass is 9.95. The second-order valence-corrected chi connectivity index (χ2v) is 4.73. The van der Waals surface area contributed by atoms with E-state index in [2.05, 4.69) is 9.98 Å². The van der Waals surface area contributed by atoms with Crippen molar-refractivity contribution >= 4 is 6.21 Å². The molecule has 20 heavy (non-hydrogen) atoms. The molecular weight excluding hydrogens is 265 g/mol. The van der Waals surface area contributed by atoms with Crippen LogP contribution in [0.2, 0.25) is 0 Å². The summed E-state index contributed by atoms with van der Waals surface area (Å²) in [7, 11) is 0. The highest BCUT2D eigenvalue weighted by atomic mass is 19.4. The Morgan fingerprint density at radius 3 is 2.70 bits per heavy atom. The summed E-state index contributed by atoms with van der Waals surface area (Å²) >= 11 is 0. The topological polar surface area (TPSA) is 25.2 Å². The number of aryl methyl sites for hydroxylation is 1. The summed E-state index contributed by atoms with van der Waals surface area (Å²) in [5.41, 5.74) is 2.59. The van der Waals surface area contributed by atoms with Gasteiger partial charge in [0.15, 0.2) is 0 Å². The molecular formula is C15H11F3N2. The van der Waals surface area contributed by atoms with Crippen LogP contribution in [0, 0.1) is 6.92 Å². The highest BCUT2D eigenvalue weighted by Gasteiger charge is 2.33. The van der Waals surface area contributed by atoms with Gasteiger partial charge in [0.25, 0.3) is 0 Å². The Bertz CT molecular complexity index is 703. The van der Waals surface area contributed by atoms with Gasteiger partial charge in [0.05, 0.1) is 17.8 Å². The van der Waals surface area contributed by atoms with Crippen molar-refractivity contribution in [1.82, 2.24) is 4.98 Å². The fourth-order valence-corrected chi connectivity index (χ4v) is 2.36. The Hall–Kier alpha value is -2.17. The van der Waals surface area contributed by atoms with E-state index in [1.54, 1.807) is 18.5 Å². The lowest BCUT2D eigenvalue weighted by Gasteiger charge is -2.14. The summed E-state index contributed by atoms with van der Waals surface area (Å²) in [4.78, 5) is 8.29. The van der Waals surface area contributed by atoms with Crippen molar-refractivity contribution in [2.24, 2.45) is 4.99 Å². The Morgan fingerprint density at radius 2 is 2.00 bits per heavy atom. The monoisotopic (exact) mass is 276 g/mol. The molecule has 0 spiro atoms. The first-order valence-electron chi connectivity index (χ1n) is 6.13. The van der Waals surface area contributed by atoms with E-state index in [-0.39, 0.29) is 6.54 Å². The van der Waals surface area contributed by atoms with Crippen molar-refractivity contribution in [2.45, 2.75) is 19.6 Å². The van der Waals surface area contributed by atoms with Gasteiger partial charge in [-0.2, -0.15) is 13.2 Å². The molecule has 0 N–H and O–H groups in total. The average molecular weight is 276 g/mol. The van der Waals surface area contributed by atoms with Crippen molar-refractivity contribution in [1.29, 1.82) is 0 Å². The molecule has 5 heteroatoms. The third-order valence-corrected chi connectivity index (χ3v) is 3.34. The van der Waals surface area contributed by atoms with Crippen molar-refractivity contribution in [3.63, 3.8) is 0 Å². The largest absolute Gasteiger partial charge is 0.416 e. The predicted molar refractivity (Wildman–Crippen MR) is 70.7 cm³/mol. The molecule has 0 fully saturated rings. The van der Waals surface area contributed by atoms with Crippen molar-refractivity contribution in [3.05, 3.63) is 52.7 Å². The highest BCUT2D eigenvalue weighted by molar-refractivity contribution is 5.94. The van der Waals surface area contributed by atoms with Gasteiger partial charge in [0, 0.05) is 23.5 Å². The normalized spacial score (nSPS) is 13.6. The number of hydrogen-bond acceptors (Lipinski definition) is 2. The Kier molecular flexibility index (Phi) is 2.85. The van der Waals surface area contributed by atoms with E-state index in [0.717, 1.165) is 17.2 Å². The zero-order chi connectivity index (χ0) is 14.3. The number of nitrogens with zero attached hydrogens (tertiary/aromatic N) is 2. The maximum Gasteiger partial charge on any atom is 0.416 e. The maximum atomic E-state index is 13.0. The van der Waals surface area contributed by atoms with Gasteiger partial charge in [-0.15, -0.1) is 0 Å². The average Bonchev–Trinajstić information content (AvgIpc) is 2.85. The van der Waals surface area contributed by atoms with Crippen LogP contribution in [0.4, 0.5) is 13.2 Å². The molecule has 1 aliphatic rings. The van der Waals surface area contributed by atoms with Gasteiger partial charge in [-0.05, 0) is 36.2 Å². The molecule has 1 aromatic heterocycles. The molecule has 0 atom stereocenters. The molecule has 2 nitrogen and oxygen atoms in total. The quantitative estimate of drug-likeness (QED) is 0.772. The molecule has 0 aliphatic carbocycles. The molecule has 0 saturated heterocycles. The molecule has 0 unspecified atom stereocenters. The number of aromatic nitrogens is 1. The first kappa shape index (κ1) is 12.8. The van der Waals surface area contributed by atoms with E-state index in [1.165, 1.54) is 6.07 Å². The predicted octanol–water partition coefficient (Wildman–Crippen LogP) is 4.01. The molecule has 102 valence electrons. The smallest absolute Gasteiger partial charge is 0.288 e. The summed E-state index contributed by atoms with van der Waals surface area (Å²) in [6, 6.07) is 5.93. The van der Waals surface area contributed by atoms with Gasteiger partial charge in [0.2, 0.25) is 0 Å². The zero-order valence-corrected chi connectivity index (χ0v) is 10.7. The molecule has 0 bridgehead atoms. The lowest BCUT2D eigenvalue weighted by Crippen LogP contribution is -2.07. The second kappa shape index (κ2) is 4.44. The molecule has 3 rings (SSSR count). The van der Waals surface area contributed by atoms with Crippen molar-refractivity contribution in [3.8, 4) is 11.3 Å². The fourth-order valence-electron chi connectivity index (χ4n) is 2.36. The number of halogens is 3. The first-order chi connectivity index (χ1) is 9.47. The summed E-state index contributed by atoms with van der Waals surface area (Å²) < 4.78 is 39.0. The van der Waals surface area contributed by atoms with E-state index < -0.39 is 11.7 Å². The summed E-state index contributed by atoms with van der Waals surface area (Å²) in [5.74, 6) is 0. The van der Waals surface area contributed by atoms with Crippen LogP contribution in [-0.2, 0) is 12.7 Å². The number of fused-ring (bicyclic) bond motifs is 1. The van der Waals surface area contributed by atoms with Gasteiger partial charge in [0.1, 0.15) is 0 Å². The number of alkyl halides is 3. The summed E-state index contributed by atoms with van der Waals surface area (Å²) in [5, 5.41) is 0. The summed E-state index contributed by atoms with van der Waals surface area (Å²) in [6.07, 6.45) is -1.16. The molecule has 0 radical (unpaired) electrons. The summed E-state index contributed by atoms with van der Waals surface area (Å²) in [6.45, 7) is 2.12. The van der Waals surface area contributed by atoms with Crippen molar-refractivity contribution in [2.75, 3.05) is 0 Å². The van der Waals surface area contributed by atoms with Crippen LogP contribution in [0.15, 0.2) is 35.5 Å². The van der Waals surface area contributed by atoms with Crippen LogP contribution in [0.25, 0.3) is 11.3 Å². The van der Waals surface area contributed by atoms with Gasteiger partial charge in [-0.25, -0.2) is 0 Å². The first-order valence-corrected chi connectivity index (χ1v) is 6.13. The number of rotatable bonds is 1. The van der Waals surface area contributed by atoms with Gasteiger partial charge < -0.3 is 0 Å². The minimum absolute atomic E-state index is 0.290. The minimum Gasteiger partial charge on any atom is -0.288 e. The number of benzene rings is 1. The van der Waals surface area contributed by atoms with E-state index in [4.69, 9.17) is 0 Å². The number of pyridine rings is 1. The number of aliphatic imine (C=N–C) groups is 1. The van der Waals surface area contributed by atoms with Crippen LogP contribution < -0.4 is 0 Å². The zero-order valence-electron chi connectivity index (χ0n) is 10.7. The lowest BCUT2D eigenvalue weighted by molar-refractivity contribution is -0.137. The standard InChI is InChI=1S/C15H11F3N2/c1-9-3-2-4-20-14(9)12-6-11(15(16,17)18)5-10-7-19-8-13(10)12/h2-6,8H,7H2,1H3. The van der Waals surface area contributed by atoms with Gasteiger partial charge >= 0.3 is 6.18 Å². The molecule has 1 aliphatic heterocycles. The van der Waals surface area contributed by atoms with Crippen LogP contribution in [0.5, 0.6) is 0 Å². The van der Waals surface area contributed by atoms with E-state index >= 15 is 0 Å². The Morgan fingerprint density at radius 1 is 1.20 bits per heavy atom. The third kappa shape index (κ3) is 2.09. The maximum absolute atomic E-state index is 13.0. The molecule has 2 heterocycles. The molecule has 1 aromatic carbocycles. The van der Waals surface area contributed by atoms with E-state index in [1.807, 2.05) is 13.0 Å². The highest BCUT2D eigenvalue weighted by Crippen LogP contribution is 2.37. The fraction of sp³-hybridized carbons (Fsp3) is 0.200. The van der Waals surface area contributed by atoms with Crippen LogP contribution in [0.3, 0.4) is 0 Å². The Balaban J connectivity index is 2.27. The molecule has 2 aromatic rings. The number of hydrogen-bond donors (Lipinski definition) is 0. The van der Waals surface area contributed by atoms with Crippen molar-refractivity contribution < 1.29 is 13.2 Å². The molecule has 0 amide bonds. The minimum atomic E-state index is -4.37. The molecule has 0 saturated carbocycles. The van der Waals surface area contributed by atoms with Crippen LogP contribution in [0.1, 0.15) is 22.3 Å². The SMILES string of the molecule is Cc1cccnc1-c1cc(C(F)(F)F)cc2c1C=NC2. The Labute approximate surface area is 114 Å². The van der Waals surface area contributed by atoms with E-state index in [9.17, 15) is 13.2 Å². The van der Waals surface area contributed by atoms with E-state index in [0.29, 0.717) is 16.8 Å². The van der Waals surface area contributed by atoms with Crippen LogP contribution >= 0.6 is 0 Å². The third-order valence-electron chi connectivity index (χ3n) is 3.34. The second-order valence-electron chi connectivity index (χ2n) is 4.73. The van der Waals surface area contributed by atoms with Gasteiger partial charge in [-0.3, -0.25) is 9.98 Å². The van der Waals surface area contributed by atoms with Gasteiger partial charge in [-0.1, -0.05) is 6.07 Å².